The fraction of sp³-hybridized carbons (Fsp3) is 0.421. The molecule has 6 heteroatoms. The lowest BCUT2D eigenvalue weighted by Crippen LogP contribution is -2.38. The molecule has 1 N–H and O–H groups in total. The second kappa shape index (κ2) is 9.36. The summed E-state index contributed by atoms with van der Waals surface area (Å²) in [5.41, 5.74) is 0. The first-order valence-corrected chi connectivity index (χ1v) is 10.5. The zero-order valence-electron chi connectivity index (χ0n) is 14.1. The Morgan fingerprint density at radius 2 is 2.00 bits per heavy atom. The van der Waals surface area contributed by atoms with Gasteiger partial charge in [-0.15, -0.1) is 23.1 Å². The Kier molecular flexibility index (Phi) is 6.90. The number of thiophene rings is 1. The molecule has 1 aromatic carbocycles. The van der Waals surface area contributed by atoms with Gasteiger partial charge in [0.2, 0.25) is 5.91 Å². The SMILES string of the molecule is O=C(CSc1ccc(F)cc1)NCC1CCN(Cc2cccs2)CC1. The molecule has 1 aliphatic rings. The minimum absolute atomic E-state index is 0.0512. The van der Waals surface area contributed by atoms with E-state index in [-0.39, 0.29) is 11.7 Å². The van der Waals surface area contributed by atoms with Crippen LogP contribution in [0.3, 0.4) is 0 Å². The van der Waals surface area contributed by atoms with Crippen LogP contribution in [-0.2, 0) is 11.3 Å². The van der Waals surface area contributed by atoms with Crippen molar-refractivity contribution in [3.63, 3.8) is 0 Å². The van der Waals surface area contributed by atoms with Gasteiger partial charge < -0.3 is 5.32 Å². The minimum atomic E-state index is -0.251. The monoisotopic (exact) mass is 378 g/mol. The Hall–Kier alpha value is -1.37. The van der Waals surface area contributed by atoms with Crippen LogP contribution in [0.25, 0.3) is 0 Å². The minimum Gasteiger partial charge on any atom is -0.355 e. The van der Waals surface area contributed by atoms with E-state index in [1.165, 1.54) is 28.8 Å². The fourth-order valence-corrected chi connectivity index (χ4v) is 4.44. The van der Waals surface area contributed by atoms with E-state index in [1.54, 1.807) is 12.1 Å². The summed E-state index contributed by atoms with van der Waals surface area (Å²) in [5.74, 6) is 0.747. The zero-order chi connectivity index (χ0) is 17.5. The molecule has 1 fully saturated rings. The van der Waals surface area contributed by atoms with E-state index >= 15 is 0 Å². The third-order valence-corrected chi connectivity index (χ3v) is 6.31. The van der Waals surface area contributed by atoms with Crippen LogP contribution in [-0.4, -0.2) is 36.2 Å². The van der Waals surface area contributed by atoms with E-state index in [9.17, 15) is 9.18 Å². The maximum absolute atomic E-state index is 12.9. The second-order valence-corrected chi connectivity index (χ2v) is 8.43. The van der Waals surface area contributed by atoms with E-state index in [1.807, 2.05) is 11.3 Å². The van der Waals surface area contributed by atoms with Crippen molar-refractivity contribution in [3.8, 4) is 0 Å². The van der Waals surface area contributed by atoms with Crippen molar-refractivity contribution in [1.29, 1.82) is 0 Å². The summed E-state index contributed by atoms with van der Waals surface area (Å²) in [6.45, 7) is 4.01. The molecule has 0 atom stereocenters. The molecule has 2 heterocycles. The van der Waals surface area contributed by atoms with Gasteiger partial charge in [0.1, 0.15) is 5.82 Å². The quantitative estimate of drug-likeness (QED) is 0.739. The van der Waals surface area contributed by atoms with Gasteiger partial charge in [0.15, 0.2) is 0 Å². The number of halogens is 1. The van der Waals surface area contributed by atoms with Crippen LogP contribution in [0.5, 0.6) is 0 Å². The molecular weight excluding hydrogens is 355 g/mol. The Balaban J connectivity index is 1.31. The van der Waals surface area contributed by atoms with Gasteiger partial charge in [-0.25, -0.2) is 4.39 Å². The third kappa shape index (κ3) is 6.13. The number of carbonyl (C=O) groups is 1. The summed E-state index contributed by atoms with van der Waals surface area (Å²) in [4.78, 5) is 16.8. The maximum Gasteiger partial charge on any atom is 0.230 e. The van der Waals surface area contributed by atoms with Crippen LogP contribution in [0, 0.1) is 11.7 Å². The molecule has 134 valence electrons. The standard InChI is InChI=1S/C19H23FN2OS2/c20-16-3-5-17(6-4-16)25-14-19(23)21-12-15-7-9-22(10-8-15)13-18-2-1-11-24-18/h1-6,11,15H,7-10,12-14H2,(H,21,23). The molecule has 1 amide bonds. The van der Waals surface area contributed by atoms with E-state index in [2.05, 4.69) is 27.7 Å². The number of nitrogens with zero attached hydrogens (tertiary/aromatic N) is 1. The summed E-state index contributed by atoms with van der Waals surface area (Å²) < 4.78 is 12.9. The Labute approximate surface area is 156 Å². The van der Waals surface area contributed by atoms with Gasteiger partial charge in [0, 0.05) is 22.9 Å². The highest BCUT2D eigenvalue weighted by Crippen LogP contribution is 2.21. The lowest BCUT2D eigenvalue weighted by Gasteiger charge is -2.31. The highest BCUT2D eigenvalue weighted by Gasteiger charge is 2.20. The van der Waals surface area contributed by atoms with Gasteiger partial charge in [-0.1, -0.05) is 6.07 Å². The predicted molar refractivity (Wildman–Crippen MR) is 102 cm³/mol. The lowest BCUT2D eigenvalue weighted by molar-refractivity contribution is -0.118. The number of nitrogens with one attached hydrogen (secondary N) is 1. The summed E-state index contributed by atoms with van der Waals surface area (Å²) in [6, 6.07) is 10.5. The molecule has 0 unspecified atom stereocenters. The maximum atomic E-state index is 12.9. The molecule has 1 aromatic heterocycles. The molecule has 0 spiro atoms. The number of hydrogen-bond donors (Lipinski definition) is 1. The number of hydrogen-bond acceptors (Lipinski definition) is 4. The van der Waals surface area contributed by atoms with Crippen LogP contribution >= 0.6 is 23.1 Å². The molecule has 0 radical (unpaired) electrons. The number of rotatable bonds is 7. The first-order valence-electron chi connectivity index (χ1n) is 8.59. The fourth-order valence-electron chi connectivity index (χ4n) is 2.96. The van der Waals surface area contributed by atoms with Crippen molar-refractivity contribution < 1.29 is 9.18 Å². The van der Waals surface area contributed by atoms with Crippen molar-refractivity contribution >= 4 is 29.0 Å². The lowest BCUT2D eigenvalue weighted by atomic mass is 9.97. The summed E-state index contributed by atoms with van der Waals surface area (Å²) in [7, 11) is 0. The summed E-state index contributed by atoms with van der Waals surface area (Å²) in [6.07, 6.45) is 2.27. The van der Waals surface area contributed by atoms with Gasteiger partial charge in [0.25, 0.3) is 0 Å². The Bertz CT molecular complexity index is 653. The number of piperidine rings is 1. The average molecular weight is 379 g/mol. The second-order valence-electron chi connectivity index (χ2n) is 6.35. The highest BCUT2D eigenvalue weighted by molar-refractivity contribution is 8.00. The first kappa shape index (κ1) is 18.4. The number of benzene rings is 1. The number of carbonyl (C=O) groups excluding carboxylic acids is 1. The van der Waals surface area contributed by atoms with Gasteiger partial charge in [-0.3, -0.25) is 9.69 Å². The number of thioether (sulfide) groups is 1. The molecule has 0 aliphatic carbocycles. The highest BCUT2D eigenvalue weighted by atomic mass is 32.2. The number of likely N-dealkylation sites (tertiary alicyclic amines) is 1. The molecular formula is C19H23FN2OS2. The van der Waals surface area contributed by atoms with Crippen molar-refractivity contribution in [2.75, 3.05) is 25.4 Å². The molecule has 0 saturated carbocycles. The van der Waals surface area contributed by atoms with Crippen molar-refractivity contribution in [2.24, 2.45) is 5.92 Å². The van der Waals surface area contributed by atoms with E-state index in [0.29, 0.717) is 11.7 Å². The summed E-state index contributed by atoms with van der Waals surface area (Å²) in [5, 5.41) is 5.17. The van der Waals surface area contributed by atoms with E-state index < -0.39 is 0 Å². The van der Waals surface area contributed by atoms with Gasteiger partial charge in [0.05, 0.1) is 5.75 Å². The zero-order valence-corrected chi connectivity index (χ0v) is 15.8. The van der Waals surface area contributed by atoms with Crippen molar-refractivity contribution in [3.05, 3.63) is 52.5 Å². The molecule has 0 bridgehead atoms. The van der Waals surface area contributed by atoms with Crippen molar-refractivity contribution in [2.45, 2.75) is 24.3 Å². The molecule has 2 aromatic rings. The van der Waals surface area contributed by atoms with E-state index in [4.69, 9.17) is 0 Å². The van der Waals surface area contributed by atoms with Crippen molar-refractivity contribution in [1.82, 2.24) is 10.2 Å². The third-order valence-electron chi connectivity index (χ3n) is 4.44. The predicted octanol–water partition coefficient (Wildman–Crippen LogP) is 4.01. The van der Waals surface area contributed by atoms with E-state index in [0.717, 1.165) is 43.9 Å². The van der Waals surface area contributed by atoms with Crippen LogP contribution in [0.4, 0.5) is 4.39 Å². The molecule has 25 heavy (non-hydrogen) atoms. The van der Waals surface area contributed by atoms with Gasteiger partial charge in [-0.2, -0.15) is 0 Å². The molecule has 3 nitrogen and oxygen atoms in total. The van der Waals surface area contributed by atoms with Crippen LogP contribution < -0.4 is 5.32 Å². The summed E-state index contributed by atoms with van der Waals surface area (Å²) >= 11 is 3.25. The van der Waals surface area contributed by atoms with Gasteiger partial charge >= 0.3 is 0 Å². The van der Waals surface area contributed by atoms with Gasteiger partial charge in [-0.05, 0) is 67.6 Å². The number of amides is 1. The topological polar surface area (TPSA) is 32.3 Å². The Morgan fingerprint density at radius 3 is 2.68 bits per heavy atom. The molecule has 3 rings (SSSR count). The molecule has 1 aliphatic heterocycles. The largest absolute Gasteiger partial charge is 0.355 e. The van der Waals surface area contributed by atoms with Crippen LogP contribution in [0.1, 0.15) is 17.7 Å². The van der Waals surface area contributed by atoms with Crippen LogP contribution in [0.15, 0.2) is 46.7 Å². The average Bonchev–Trinajstić information content (AvgIpc) is 3.14. The smallest absolute Gasteiger partial charge is 0.230 e. The first-order chi connectivity index (χ1) is 12.2. The normalized spacial score (nSPS) is 16.0. The Morgan fingerprint density at radius 1 is 1.24 bits per heavy atom. The van der Waals surface area contributed by atoms with Crippen LogP contribution in [0.2, 0.25) is 0 Å². The molecule has 1 saturated heterocycles.